The normalized spacial score (nSPS) is 10.3. The molecule has 0 aliphatic rings. The van der Waals surface area contributed by atoms with Gasteiger partial charge in [-0.25, -0.2) is 4.79 Å². The second-order valence-electron chi connectivity index (χ2n) is 7.71. The Morgan fingerprint density at radius 1 is 0.871 bits per heavy atom. The monoisotopic (exact) mass is 439 g/mol. The van der Waals surface area contributed by atoms with Crippen LogP contribution < -0.4 is 0 Å². The second kappa shape index (κ2) is 24.2. The van der Waals surface area contributed by atoms with Crippen LogP contribution in [0.4, 0.5) is 0 Å². The Morgan fingerprint density at radius 2 is 1.35 bits per heavy atom. The van der Waals surface area contributed by atoms with Gasteiger partial charge in [-0.3, -0.25) is 9.59 Å². The van der Waals surface area contributed by atoms with Crippen molar-refractivity contribution in [3.63, 3.8) is 0 Å². The summed E-state index contributed by atoms with van der Waals surface area (Å²) in [5, 5.41) is 8.64. The van der Waals surface area contributed by atoms with Gasteiger partial charge in [0.25, 0.3) is 0 Å². The maximum atomic E-state index is 11.7. The van der Waals surface area contributed by atoms with Crippen LogP contribution in [-0.2, 0) is 19.1 Å². The van der Waals surface area contributed by atoms with Crippen LogP contribution in [0.5, 0.6) is 0 Å². The van der Waals surface area contributed by atoms with Crippen molar-refractivity contribution in [3.05, 3.63) is 24.8 Å². The van der Waals surface area contributed by atoms with E-state index in [0.29, 0.717) is 6.42 Å². The lowest BCUT2D eigenvalue weighted by molar-refractivity contribution is -0.143. The first-order valence-corrected chi connectivity index (χ1v) is 11.7. The highest BCUT2D eigenvalue weighted by molar-refractivity contribution is 5.81. The van der Waals surface area contributed by atoms with Crippen LogP contribution in [0.1, 0.15) is 96.8 Å². The third-order valence-electron chi connectivity index (χ3n) is 4.82. The number of ether oxygens (including phenoxy) is 1. The molecule has 0 bridgehead atoms. The first-order valence-electron chi connectivity index (χ1n) is 11.7. The number of esters is 1. The van der Waals surface area contributed by atoms with E-state index >= 15 is 0 Å². The Kier molecular flexibility index (Phi) is 24.2. The third-order valence-corrected chi connectivity index (χ3v) is 4.82. The van der Waals surface area contributed by atoms with Crippen LogP contribution in [0, 0.1) is 0 Å². The predicted molar refractivity (Wildman–Crippen MR) is 127 cm³/mol. The van der Waals surface area contributed by atoms with Crippen molar-refractivity contribution >= 4 is 17.8 Å². The molecular formula is C25H45NO5. The van der Waals surface area contributed by atoms with Crippen molar-refractivity contribution in [2.24, 2.45) is 0 Å². The molecule has 0 aromatic rings. The highest BCUT2D eigenvalue weighted by atomic mass is 16.5. The van der Waals surface area contributed by atoms with Crippen molar-refractivity contribution in [1.82, 2.24) is 4.90 Å². The number of likely N-dealkylation sites (N-methyl/N-ethyl adjacent to an activating group) is 1. The molecule has 0 rings (SSSR count). The summed E-state index contributed by atoms with van der Waals surface area (Å²) in [7, 11) is 2.86. The van der Waals surface area contributed by atoms with Crippen molar-refractivity contribution in [1.29, 1.82) is 0 Å². The number of allylic oxidation sites excluding steroid dienone is 2. The third kappa shape index (κ3) is 25.9. The highest BCUT2D eigenvalue weighted by Crippen LogP contribution is 2.10. The molecule has 1 N–H and O–H groups in total. The Labute approximate surface area is 189 Å². The zero-order valence-corrected chi connectivity index (χ0v) is 20.1. The summed E-state index contributed by atoms with van der Waals surface area (Å²) < 4.78 is 4.14. The van der Waals surface area contributed by atoms with Crippen LogP contribution in [0.2, 0.25) is 0 Å². The van der Waals surface area contributed by atoms with Gasteiger partial charge in [-0.05, 0) is 32.1 Å². The fourth-order valence-electron chi connectivity index (χ4n) is 2.91. The van der Waals surface area contributed by atoms with Gasteiger partial charge < -0.3 is 14.7 Å². The minimum absolute atomic E-state index is 0.0694. The molecule has 0 aromatic heterocycles. The van der Waals surface area contributed by atoms with Crippen LogP contribution in [0.3, 0.4) is 0 Å². The van der Waals surface area contributed by atoms with Gasteiger partial charge in [0, 0.05) is 19.5 Å². The SMILES string of the molecule is C=CC(=O)OC.CCCCCCCC/C=C\CCCCCCCC(=O)N(C)CC(=O)O. The molecule has 0 atom stereocenters. The highest BCUT2D eigenvalue weighted by Gasteiger charge is 2.10. The molecule has 180 valence electrons. The number of methoxy groups -OCH3 is 1. The number of amides is 1. The van der Waals surface area contributed by atoms with E-state index in [1.165, 1.54) is 69.8 Å². The predicted octanol–water partition coefficient (Wildman–Crippen LogP) is 5.91. The molecular weight excluding hydrogens is 394 g/mol. The van der Waals surface area contributed by atoms with Gasteiger partial charge in [0.15, 0.2) is 0 Å². The van der Waals surface area contributed by atoms with Crippen molar-refractivity contribution in [3.8, 4) is 0 Å². The molecule has 0 saturated heterocycles. The summed E-state index contributed by atoms with van der Waals surface area (Å²) in [6, 6.07) is 0. The number of aliphatic carboxylic acids is 1. The Bertz CT molecular complexity index is 502. The Hall–Kier alpha value is -2.11. The van der Waals surface area contributed by atoms with Crippen LogP contribution in [-0.4, -0.2) is 48.6 Å². The fourth-order valence-corrected chi connectivity index (χ4v) is 2.91. The van der Waals surface area contributed by atoms with Crippen molar-refractivity contribution in [2.45, 2.75) is 96.8 Å². The van der Waals surface area contributed by atoms with Crippen molar-refractivity contribution < 1.29 is 24.2 Å². The Morgan fingerprint density at radius 3 is 1.77 bits per heavy atom. The lowest BCUT2D eigenvalue weighted by Gasteiger charge is -2.14. The van der Waals surface area contributed by atoms with Crippen LogP contribution in [0.15, 0.2) is 24.8 Å². The molecule has 0 fully saturated rings. The van der Waals surface area contributed by atoms with E-state index in [9.17, 15) is 14.4 Å². The zero-order chi connectivity index (χ0) is 23.7. The maximum absolute atomic E-state index is 11.7. The smallest absolute Gasteiger partial charge is 0.329 e. The number of carbonyl (C=O) groups is 3. The minimum Gasteiger partial charge on any atom is -0.480 e. The summed E-state index contributed by atoms with van der Waals surface area (Å²) >= 11 is 0. The second-order valence-corrected chi connectivity index (χ2v) is 7.71. The number of carboxylic acids is 1. The average molecular weight is 440 g/mol. The molecule has 0 aromatic carbocycles. The van der Waals surface area contributed by atoms with Gasteiger partial charge in [-0.1, -0.05) is 77.0 Å². The molecule has 0 saturated carbocycles. The number of carbonyl (C=O) groups excluding carboxylic acids is 2. The van der Waals surface area contributed by atoms with E-state index in [1.807, 2.05) is 0 Å². The number of unbranched alkanes of at least 4 members (excludes halogenated alkanes) is 11. The summed E-state index contributed by atoms with van der Waals surface area (Å²) in [6.45, 7) is 5.21. The first-order chi connectivity index (χ1) is 14.9. The van der Waals surface area contributed by atoms with E-state index in [1.54, 1.807) is 7.05 Å². The molecule has 0 unspecified atom stereocenters. The number of hydrogen-bond donors (Lipinski definition) is 1. The summed E-state index contributed by atoms with van der Waals surface area (Å²) in [5.74, 6) is -1.42. The molecule has 31 heavy (non-hydrogen) atoms. The van der Waals surface area contributed by atoms with Gasteiger partial charge >= 0.3 is 11.9 Å². The molecule has 0 spiro atoms. The van der Waals surface area contributed by atoms with Crippen LogP contribution >= 0.6 is 0 Å². The topological polar surface area (TPSA) is 83.9 Å². The number of nitrogens with zero attached hydrogens (tertiary/aromatic N) is 1. The fraction of sp³-hybridized carbons (Fsp3) is 0.720. The number of rotatable bonds is 18. The first kappa shape index (κ1) is 31.1. The molecule has 6 nitrogen and oxygen atoms in total. The van der Waals surface area contributed by atoms with Gasteiger partial charge in [0.2, 0.25) is 5.91 Å². The molecule has 0 aliphatic heterocycles. The quantitative estimate of drug-likeness (QED) is 0.124. The van der Waals surface area contributed by atoms with E-state index in [0.717, 1.165) is 31.8 Å². The number of carboxylic acid groups (broad SMARTS) is 1. The van der Waals surface area contributed by atoms with Crippen molar-refractivity contribution in [2.75, 3.05) is 20.7 Å². The summed E-state index contributed by atoms with van der Waals surface area (Å²) in [6.07, 6.45) is 22.3. The van der Waals surface area contributed by atoms with Crippen LogP contribution in [0.25, 0.3) is 0 Å². The molecule has 6 heteroatoms. The van der Waals surface area contributed by atoms with Gasteiger partial charge in [-0.2, -0.15) is 0 Å². The molecule has 0 radical (unpaired) electrons. The molecule has 0 heterocycles. The Balaban J connectivity index is 0. The van der Waals surface area contributed by atoms with E-state index in [2.05, 4.69) is 30.4 Å². The average Bonchev–Trinajstić information content (AvgIpc) is 2.75. The minimum atomic E-state index is -0.958. The summed E-state index contributed by atoms with van der Waals surface area (Å²) in [4.78, 5) is 33.3. The lowest BCUT2D eigenvalue weighted by atomic mass is 10.1. The standard InChI is InChI=1S/C21H39NO3.C4H6O2/c1-3-4-5-6-7-8-9-10-11-12-13-14-15-16-17-18-20(23)22(2)19-21(24)25;1-3-4(5)6-2/h10-11H,3-9,12-19H2,1-2H3,(H,24,25);3H,1H2,2H3/b11-10-;. The summed E-state index contributed by atoms with van der Waals surface area (Å²) in [5.41, 5.74) is 0. The van der Waals surface area contributed by atoms with E-state index < -0.39 is 11.9 Å². The van der Waals surface area contributed by atoms with Gasteiger partial charge in [-0.15, -0.1) is 0 Å². The molecule has 1 amide bonds. The molecule has 0 aliphatic carbocycles. The maximum Gasteiger partial charge on any atom is 0.329 e. The zero-order valence-electron chi connectivity index (χ0n) is 20.1. The number of hydrogen-bond acceptors (Lipinski definition) is 4. The lowest BCUT2D eigenvalue weighted by Crippen LogP contribution is -2.31. The van der Waals surface area contributed by atoms with E-state index in [4.69, 9.17) is 5.11 Å². The van der Waals surface area contributed by atoms with E-state index in [-0.39, 0.29) is 12.5 Å². The van der Waals surface area contributed by atoms with Gasteiger partial charge in [0.1, 0.15) is 6.54 Å². The largest absolute Gasteiger partial charge is 0.480 e. The van der Waals surface area contributed by atoms with Gasteiger partial charge in [0.05, 0.1) is 7.11 Å².